The Bertz CT molecular complexity index is 1470. The Morgan fingerprint density at radius 2 is 1.41 bits per heavy atom. The van der Waals surface area contributed by atoms with Gasteiger partial charge < -0.3 is 19.1 Å². The molecule has 1 saturated carbocycles. The second-order valence-corrected chi connectivity index (χ2v) is 14.9. The van der Waals surface area contributed by atoms with Crippen LogP contribution in [0.1, 0.15) is 79.1 Å². The second-order valence-electron chi connectivity index (χ2n) is 13.9. The molecule has 2 unspecified atom stereocenters. The number of oxazole rings is 1. The molecule has 46 heavy (non-hydrogen) atoms. The lowest BCUT2D eigenvalue weighted by Crippen LogP contribution is -2.46. The summed E-state index contributed by atoms with van der Waals surface area (Å²) >= 11 is 1.91. The smallest absolute Gasteiger partial charge is 0.220 e. The number of para-hydroxylation sites is 1. The molecule has 3 fully saturated rings. The van der Waals surface area contributed by atoms with Crippen LogP contribution in [0, 0.1) is 11.8 Å². The van der Waals surface area contributed by atoms with Crippen LogP contribution in [0.3, 0.4) is 0 Å². The van der Waals surface area contributed by atoms with Gasteiger partial charge in [-0.05, 0) is 107 Å². The molecule has 7 heteroatoms. The summed E-state index contributed by atoms with van der Waals surface area (Å²) in [5.41, 5.74) is 3.71. The molecule has 1 aliphatic carbocycles. The van der Waals surface area contributed by atoms with E-state index in [1.807, 2.05) is 11.3 Å². The van der Waals surface area contributed by atoms with Crippen molar-refractivity contribution in [3.63, 3.8) is 0 Å². The quantitative estimate of drug-likeness (QED) is 0.174. The van der Waals surface area contributed by atoms with Gasteiger partial charge >= 0.3 is 0 Å². The monoisotopic (exact) mass is 637 g/mol. The Hall–Kier alpha value is -3.13. The highest BCUT2D eigenvalue weighted by atomic mass is 32.1. The van der Waals surface area contributed by atoms with E-state index in [-0.39, 0.29) is 6.04 Å². The van der Waals surface area contributed by atoms with E-state index < -0.39 is 0 Å². The summed E-state index contributed by atoms with van der Waals surface area (Å²) in [4.78, 5) is 17.1. The predicted molar refractivity (Wildman–Crippen MR) is 191 cm³/mol. The first kappa shape index (κ1) is 31.5. The molecule has 3 aliphatic rings. The number of rotatable bonds is 10. The average molecular weight is 638 g/mol. The van der Waals surface area contributed by atoms with E-state index in [0.29, 0.717) is 17.9 Å². The number of hydrogen-bond acceptors (Lipinski definition) is 7. The normalized spacial score (nSPS) is 22.7. The molecule has 0 spiro atoms. The van der Waals surface area contributed by atoms with Gasteiger partial charge in [-0.1, -0.05) is 61.0 Å². The molecule has 4 aromatic rings. The van der Waals surface area contributed by atoms with E-state index >= 15 is 0 Å². The van der Waals surface area contributed by atoms with Gasteiger partial charge in [-0.3, -0.25) is 4.90 Å². The first-order chi connectivity index (χ1) is 22.6. The molecule has 2 atom stereocenters. The van der Waals surface area contributed by atoms with Crippen molar-refractivity contribution >= 4 is 22.9 Å². The zero-order chi connectivity index (χ0) is 31.3. The minimum absolute atomic E-state index is 0.259. The Labute approximate surface area is 280 Å². The summed E-state index contributed by atoms with van der Waals surface area (Å²) in [6.45, 7) is 6.17. The lowest BCUT2D eigenvalue weighted by molar-refractivity contribution is 0.0564. The van der Waals surface area contributed by atoms with E-state index in [9.17, 15) is 0 Å². The fraction of sp³-hybridized carbons (Fsp3) is 0.513. The second kappa shape index (κ2) is 14.7. The Morgan fingerprint density at radius 1 is 0.761 bits per heavy atom. The summed E-state index contributed by atoms with van der Waals surface area (Å²) < 4.78 is 7.06. The zero-order valence-electron chi connectivity index (χ0n) is 27.8. The minimum Gasteiger partial charge on any atom is -0.423 e. The molecular weight excluding hydrogens is 587 g/mol. The minimum atomic E-state index is 0.259. The van der Waals surface area contributed by atoms with Gasteiger partial charge in [0.1, 0.15) is 5.69 Å². The number of piperazine rings is 1. The Balaban J connectivity index is 1.15. The average Bonchev–Trinajstić information content (AvgIpc) is 3.78. The first-order valence-corrected chi connectivity index (χ1v) is 18.5. The lowest BCUT2D eigenvalue weighted by Gasteiger charge is -2.42. The summed E-state index contributed by atoms with van der Waals surface area (Å²) in [6, 6.07) is 27.0. The third-order valence-electron chi connectivity index (χ3n) is 10.7. The van der Waals surface area contributed by atoms with Crippen LogP contribution in [0.25, 0.3) is 0 Å². The standard InChI is InChI=1S/C39H51N5OS/c1-41(2)36(35-17-12-28-46-35)31-18-20-32(21-19-31)37(43-22-10-5-11-23-43)38-40-34(29-30-13-6-3-7-14-30)39(45-38)44-26-24-42(25-27-44)33-15-8-4-9-16-33/h3-4,6-9,12-17,28,31-32,36-37H,5,10-11,18-27,29H2,1-2H3. The summed E-state index contributed by atoms with van der Waals surface area (Å²) in [5, 5.41) is 2.23. The van der Waals surface area contributed by atoms with Gasteiger partial charge in [0, 0.05) is 49.2 Å². The molecule has 2 aliphatic heterocycles. The maximum absolute atomic E-state index is 7.06. The van der Waals surface area contributed by atoms with Gasteiger partial charge in [0.25, 0.3) is 0 Å². The Morgan fingerprint density at radius 3 is 2.07 bits per heavy atom. The molecule has 0 amide bonds. The van der Waals surface area contributed by atoms with E-state index in [1.54, 1.807) is 0 Å². The highest BCUT2D eigenvalue weighted by Gasteiger charge is 2.39. The van der Waals surface area contributed by atoms with Gasteiger partial charge in [-0.15, -0.1) is 11.3 Å². The molecule has 2 aromatic heterocycles. The van der Waals surface area contributed by atoms with Crippen molar-refractivity contribution in [2.45, 2.75) is 63.5 Å². The number of anilines is 2. The van der Waals surface area contributed by atoms with Crippen LogP contribution >= 0.6 is 11.3 Å². The Kier molecular flexibility index (Phi) is 10.1. The lowest BCUT2D eigenvalue weighted by atomic mass is 9.74. The first-order valence-electron chi connectivity index (χ1n) is 17.7. The van der Waals surface area contributed by atoms with Crippen molar-refractivity contribution in [2.24, 2.45) is 11.8 Å². The SMILES string of the molecule is CN(C)C(c1cccs1)C1CCC(C(c2nc(Cc3ccccc3)c(N3CCN(c4ccccc4)CC3)o2)N2CCCCC2)CC1. The molecule has 244 valence electrons. The van der Waals surface area contributed by atoms with Crippen molar-refractivity contribution in [3.05, 3.63) is 100 Å². The maximum Gasteiger partial charge on any atom is 0.220 e. The third kappa shape index (κ3) is 7.07. The van der Waals surface area contributed by atoms with Gasteiger partial charge in [-0.2, -0.15) is 0 Å². The molecule has 2 aromatic carbocycles. The van der Waals surface area contributed by atoms with Crippen LogP contribution in [0.4, 0.5) is 11.6 Å². The van der Waals surface area contributed by atoms with Crippen molar-refractivity contribution in [1.29, 1.82) is 0 Å². The molecule has 0 N–H and O–H groups in total. The third-order valence-corrected chi connectivity index (χ3v) is 11.7. The number of aromatic nitrogens is 1. The fourth-order valence-electron chi connectivity index (χ4n) is 8.44. The molecule has 6 nitrogen and oxygen atoms in total. The summed E-state index contributed by atoms with van der Waals surface area (Å²) in [7, 11) is 4.52. The number of benzene rings is 2. The molecule has 2 saturated heterocycles. The van der Waals surface area contributed by atoms with E-state index in [0.717, 1.165) is 63.2 Å². The van der Waals surface area contributed by atoms with Crippen LogP contribution in [0.15, 0.2) is 82.6 Å². The molecular formula is C39H51N5OS. The van der Waals surface area contributed by atoms with Crippen LogP contribution in [0.5, 0.6) is 0 Å². The van der Waals surface area contributed by atoms with E-state index in [2.05, 4.69) is 112 Å². The highest BCUT2D eigenvalue weighted by Crippen LogP contribution is 2.46. The van der Waals surface area contributed by atoms with E-state index in [1.165, 1.54) is 61.1 Å². The fourth-order valence-corrected chi connectivity index (χ4v) is 9.46. The van der Waals surface area contributed by atoms with Gasteiger partial charge in [0.2, 0.25) is 11.8 Å². The predicted octanol–water partition coefficient (Wildman–Crippen LogP) is 8.29. The summed E-state index contributed by atoms with van der Waals surface area (Å²) in [6.07, 6.45) is 9.71. The van der Waals surface area contributed by atoms with Gasteiger partial charge in [-0.25, -0.2) is 4.98 Å². The summed E-state index contributed by atoms with van der Waals surface area (Å²) in [5.74, 6) is 3.25. The van der Waals surface area contributed by atoms with Crippen molar-refractivity contribution in [3.8, 4) is 0 Å². The van der Waals surface area contributed by atoms with Crippen molar-refractivity contribution in [2.75, 3.05) is 63.2 Å². The number of hydrogen-bond donors (Lipinski definition) is 0. The highest BCUT2D eigenvalue weighted by molar-refractivity contribution is 7.10. The number of likely N-dealkylation sites (tertiary alicyclic amines) is 1. The topological polar surface area (TPSA) is 39.0 Å². The maximum atomic E-state index is 7.06. The molecule has 7 rings (SSSR count). The number of thiophene rings is 1. The van der Waals surface area contributed by atoms with Crippen molar-refractivity contribution in [1.82, 2.24) is 14.8 Å². The van der Waals surface area contributed by atoms with E-state index in [4.69, 9.17) is 9.40 Å². The molecule has 4 heterocycles. The van der Waals surface area contributed by atoms with Crippen LogP contribution in [-0.2, 0) is 6.42 Å². The number of piperidine rings is 1. The molecule has 0 radical (unpaired) electrons. The number of nitrogens with zero attached hydrogens (tertiary/aromatic N) is 5. The van der Waals surface area contributed by atoms with Crippen molar-refractivity contribution < 1.29 is 4.42 Å². The van der Waals surface area contributed by atoms with Gasteiger partial charge in [0.15, 0.2) is 0 Å². The largest absolute Gasteiger partial charge is 0.423 e. The van der Waals surface area contributed by atoms with Crippen LogP contribution in [-0.4, -0.2) is 68.1 Å². The van der Waals surface area contributed by atoms with Crippen LogP contribution in [0.2, 0.25) is 0 Å². The molecule has 0 bridgehead atoms. The van der Waals surface area contributed by atoms with Gasteiger partial charge in [0.05, 0.1) is 6.04 Å². The zero-order valence-corrected chi connectivity index (χ0v) is 28.6. The van der Waals surface area contributed by atoms with Crippen LogP contribution < -0.4 is 9.80 Å².